The molecule has 0 aliphatic rings. The van der Waals surface area contributed by atoms with E-state index in [1.54, 1.807) is 12.1 Å². The van der Waals surface area contributed by atoms with E-state index in [1.165, 1.54) is 28.2 Å². The maximum Gasteiger partial charge on any atom is 0.295 e. The molecule has 2 aromatic heterocycles. The van der Waals surface area contributed by atoms with Gasteiger partial charge >= 0.3 is 0 Å². The molecule has 0 saturated carbocycles. The number of aromatic nitrogens is 3. The Balaban J connectivity index is 1.76. The lowest BCUT2D eigenvalue weighted by atomic mass is 10.1. The number of thiophene rings is 1. The van der Waals surface area contributed by atoms with Gasteiger partial charge in [0.1, 0.15) is 5.82 Å². The Hall–Kier alpha value is -3.32. The fourth-order valence-corrected chi connectivity index (χ4v) is 3.64. The van der Waals surface area contributed by atoms with Crippen LogP contribution < -0.4 is 5.32 Å². The van der Waals surface area contributed by atoms with Crippen molar-refractivity contribution in [3.63, 3.8) is 0 Å². The lowest BCUT2D eigenvalue weighted by Gasteiger charge is -2.09. The van der Waals surface area contributed by atoms with Gasteiger partial charge in [-0.15, -0.1) is 16.4 Å². The minimum absolute atomic E-state index is 0.0234. The molecule has 0 atom stereocenters. The molecule has 1 N–H and O–H groups in total. The van der Waals surface area contributed by atoms with Crippen molar-refractivity contribution in [1.29, 1.82) is 0 Å². The van der Waals surface area contributed by atoms with E-state index in [9.17, 15) is 9.18 Å². The number of carbonyl (C=O) groups is 1. The van der Waals surface area contributed by atoms with Gasteiger partial charge in [0.15, 0.2) is 5.82 Å². The Kier molecular flexibility index (Phi) is 4.75. The normalized spacial score (nSPS) is 10.8. The quantitative estimate of drug-likeness (QED) is 0.531. The molecule has 0 radical (unpaired) electrons. The van der Waals surface area contributed by atoms with Crippen molar-refractivity contribution in [2.75, 3.05) is 5.32 Å². The van der Waals surface area contributed by atoms with E-state index in [2.05, 4.69) is 15.4 Å². The largest absolute Gasteiger partial charge is 0.319 e. The van der Waals surface area contributed by atoms with Gasteiger partial charge in [-0.3, -0.25) is 4.79 Å². The number of rotatable bonds is 4. The maximum atomic E-state index is 13.7. The summed E-state index contributed by atoms with van der Waals surface area (Å²) in [6.45, 7) is 3.86. The highest BCUT2D eigenvalue weighted by molar-refractivity contribution is 7.13. The predicted molar refractivity (Wildman–Crippen MR) is 108 cm³/mol. The standard InChI is InChI=1S/C21H17FN4OS/c1-13-6-3-7-14(2)18(13)23-21(27)19-24-20(17-10-5-11-28-17)26(25-19)16-9-4-8-15(22)12-16/h3-12H,1-2H3,(H,23,27). The number of hydrogen-bond acceptors (Lipinski definition) is 4. The molecule has 4 aromatic rings. The number of para-hydroxylation sites is 1. The van der Waals surface area contributed by atoms with E-state index in [0.717, 1.165) is 21.7 Å². The first-order valence-electron chi connectivity index (χ1n) is 8.67. The Labute approximate surface area is 165 Å². The highest BCUT2D eigenvalue weighted by atomic mass is 32.1. The Morgan fingerprint density at radius 2 is 1.82 bits per heavy atom. The summed E-state index contributed by atoms with van der Waals surface area (Å²) in [6.07, 6.45) is 0. The van der Waals surface area contributed by atoms with Crippen molar-refractivity contribution in [2.45, 2.75) is 13.8 Å². The number of anilines is 1. The van der Waals surface area contributed by atoms with Crippen LogP contribution in [-0.2, 0) is 0 Å². The van der Waals surface area contributed by atoms with Crippen molar-refractivity contribution in [3.8, 4) is 16.4 Å². The fraction of sp³-hybridized carbons (Fsp3) is 0.0952. The lowest BCUT2D eigenvalue weighted by molar-refractivity contribution is 0.101. The summed E-state index contributed by atoms with van der Waals surface area (Å²) in [5.74, 6) is -0.278. The summed E-state index contributed by atoms with van der Waals surface area (Å²) < 4.78 is 15.2. The van der Waals surface area contributed by atoms with E-state index in [-0.39, 0.29) is 11.6 Å². The van der Waals surface area contributed by atoms with Gasteiger partial charge in [-0.25, -0.2) is 14.1 Å². The average Bonchev–Trinajstić information content (AvgIpc) is 3.34. The molecule has 0 unspecified atom stereocenters. The number of hydrogen-bond donors (Lipinski definition) is 1. The van der Waals surface area contributed by atoms with E-state index >= 15 is 0 Å². The number of halogens is 1. The summed E-state index contributed by atoms with van der Waals surface area (Å²) >= 11 is 1.47. The van der Waals surface area contributed by atoms with Crippen molar-refractivity contribution in [2.24, 2.45) is 0 Å². The molecule has 7 heteroatoms. The highest BCUT2D eigenvalue weighted by Crippen LogP contribution is 2.26. The molecule has 0 fully saturated rings. The van der Waals surface area contributed by atoms with Crippen molar-refractivity contribution < 1.29 is 9.18 Å². The third-order valence-electron chi connectivity index (χ3n) is 4.32. The van der Waals surface area contributed by atoms with Gasteiger partial charge in [0.2, 0.25) is 5.82 Å². The smallest absolute Gasteiger partial charge is 0.295 e. The second kappa shape index (κ2) is 7.36. The zero-order chi connectivity index (χ0) is 19.7. The topological polar surface area (TPSA) is 59.8 Å². The molecule has 4 rings (SSSR count). The molecule has 0 saturated heterocycles. The van der Waals surface area contributed by atoms with E-state index in [1.807, 2.05) is 49.6 Å². The van der Waals surface area contributed by atoms with Gasteiger partial charge in [-0.05, 0) is 54.6 Å². The Morgan fingerprint density at radius 3 is 2.50 bits per heavy atom. The summed E-state index contributed by atoms with van der Waals surface area (Å²) in [4.78, 5) is 18.1. The predicted octanol–water partition coefficient (Wildman–Crippen LogP) is 5.00. The number of carbonyl (C=O) groups excluding carboxylic acids is 1. The van der Waals surface area contributed by atoms with Crippen LogP contribution in [0, 0.1) is 19.7 Å². The van der Waals surface area contributed by atoms with Gasteiger partial charge in [-0.1, -0.05) is 30.3 Å². The van der Waals surface area contributed by atoms with Gasteiger partial charge < -0.3 is 5.32 Å². The van der Waals surface area contributed by atoms with Crippen molar-refractivity contribution >= 4 is 22.9 Å². The number of benzene rings is 2. The van der Waals surface area contributed by atoms with Crippen LogP contribution in [0.4, 0.5) is 10.1 Å². The molecule has 140 valence electrons. The molecular formula is C21H17FN4OS. The van der Waals surface area contributed by atoms with Crippen LogP contribution in [0.2, 0.25) is 0 Å². The van der Waals surface area contributed by atoms with Crippen LogP contribution in [-0.4, -0.2) is 20.7 Å². The number of aryl methyl sites for hydroxylation is 2. The first-order chi connectivity index (χ1) is 13.5. The van der Waals surface area contributed by atoms with E-state index in [0.29, 0.717) is 11.5 Å². The molecule has 2 aromatic carbocycles. The second-order valence-corrected chi connectivity index (χ2v) is 7.30. The maximum absolute atomic E-state index is 13.7. The van der Waals surface area contributed by atoms with Crippen LogP contribution in [0.5, 0.6) is 0 Å². The molecule has 2 heterocycles. The fourth-order valence-electron chi connectivity index (χ4n) is 2.94. The van der Waals surface area contributed by atoms with Crippen LogP contribution in [0.25, 0.3) is 16.4 Å². The summed E-state index contributed by atoms with van der Waals surface area (Å²) in [7, 11) is 0. The average molecular weight is 392 g/mol. The second-order valence-electron chi connectivity index (χ2n) is 6.35. The van der Waals surface area contributed by atoms with Crippen LogP contribution in [0.15, 0.2) is 60.0 Å². The minimum Gasteiger partial charge on any atom is -0.319 e. The van der Waals surface area contributed by atoms with Crippen LogP contribution in [0.3, 0.4) is 0 Å². The van der Waals surface area contributed by atoms with Gasteiger partial charge in [0.05, 0.1) is 10.6 Å². The number of nitrogens with zero attached hydrogens (tertiary/aromatic N) is 3. The van der Waals surface area contributed by atoms with Gasteiger partial charge in [0, 0.05) is 5.69 Å². The molecule has 0 aliphatic heterocycles. The molecule has 28 heavy (non-hydrogen) atoms. The molecular weight excluding hydrogens is 375 g/mol. The van der Waals surface area contributed by atoms with Crippen molar-refractivity contribution in [3.05, 3.63) is 82.7 Å². The SMILES string of the molecule is Cc1cccc(C)c1NC(=O)c1nc(-c2cccs2)n(-c2cccc(F)c2)n1. The first-order valence-corrected chi connectivity index (χ1v) is 9.55. The monoisotopic (exact) mass is 392 g/mol. The molecule has 0 bridgehead atoms. The van der Waals surface area contributed by atoms with Crippen molar-refractivity contribution in [1.82, 2.24) is 14.8 Å². The zero-order valence-electron chi connectivity index (χ0n) is 15.3. The summed E-state index contributed by atoms with van der Waals surface area (Å²) in [5.41, 5.74) is 3.15. The van der Waals surface area contributed by atoms with Gasteiger partial charge in [0.25, 0.3) is 5.91 Å². The third kappa shape index (κ3) is 3.44. The number of nitrogens with one attached hydrogen (secondary N) is 1. The molecule has 0 spiro atoms. The van der Waals surface area contributed by atoms with Crippen LogP contribution in [0.1, 0.15) is 21.7 Å². The molecule has 1 amide bonds. The summed E-state index contributed by atoms with van der Waals surface area (Å²) in [5, 5.41) is 9.18. The zero-order valence-corrected chi connectivity index (χ0v) is 16.1. The Morgan fingerprint density at radius 1 is 1.07 bits per heavy atom. The molecule has 0 aliphatic carbocycles. The van der Waals surface area contributed by atoms with E-state index < -0.39 is 5.91 Å². The Bertz CT molecular complexity index is 1130. The van der Waals surface area contributed by atoms with Gasteiger partial charge in [-0.2, -0.15) is 0 Å². The van der Waals surface area contributed by atoms with E-state index in [4.69, 9.17) is 0 Å². The third-order valence-corrected chi connectivity index (χ3v) is 5.19. The minimum atomic E-state index is -0.412. The number of amides is 1. The molecule has 5 nitrogen and oxygen atoms in total. The lowest BCUT2D eigenvalue weighted by Crippen LogP contribution is -2.16. The highest BCUT2D eigenvalue weighted by Gasteiger charge is 2.20. The van der Waals surface area contributed by atoms with Crippen LogP contribution >= 0.6 is 11.3 Å². The first kappa shape index (κ1) is 18.1. The summed E-state index contributed by atoms with van der Waals surface area (Å²) in [6, 6.07) is 15.6.